The van der Waals surface area contributed by atoms with Crippen molar-refractivity contribution in [2.75, 3.05) is 11.9 Å². The number of ether oxygens (including phenoxy) is 1. The van der Waals surface area contributed by atoms with Crippen LogP contribution in [0.4, 0.5) is 5.82 Å². The average molecular weight is 383 g/mol. The Balaban J connectivity index is 1.68. The molecule has 4 N–H and O–H groups in total. The van der Waals surface area contributed by atoms with Gasteiger partial charge < -0.3 is 25.6 Å². The molecule has 1 saturated carbocycles. The highest BCUT2D eigenvalue weighted by Crippen LogP contribution is 2.34. The number of likely N-dealkylation sites (N-methyl/N-ethyl adjacent to an activating group) is 1. The molecule has 10 nitrogen and oxygen atoms in total. The number of aliphatic hydroxyl groups excluding tert-OH is 2. The van der Waals surface area contributed by atoms with E-state index in [9.17, 15) is 15.0 Å². The molecule has 3 heterocycles. The van der Waals surface area contributed by atoms with Gasteiger partial charge in [-0.3, -0.25) is 9.36 Å². The molecule has 1 amide bonds. The van der Waals surface area contributed by atoms with Gasteiger partial charge in [0, 0.05) is 12.6 Å². The third-order valence-corrected chi connectivity index (χ3v) is 4.60. The number of aromatic nitrogens is 4. The van der Waals surface area contributed by atoms with E-state index in [1.807, 2.05) is 0 Å². The van der Waals surface area contributed by atoms with Crippen molar-refractivity contribution in [3.8, 4) is 0 Å². The molecule has 4 atom stereocenters. The summed E-state index contributed by atoms with van der Waals surface area (Å²) in [6.07, 6.45) is -1.38. The van der Waals surface area contributed by atoms with Crippen molar-refractivity contribution in [2.24, 2.45) is 0 Å². The zero-order valence-electron chi connectivity index (χ0n) is 14.0. The van der Waals surface area contributed by atoms with Crippen LogP contribution in [0.2, 0.25) is 5.28 Å². The second-order valence-corrected chi connectivity index (χ2v) is 6.74. The molecule has 1 saturated heterocycles. The smallest absolute Gasteiger partial charge is 0.252 e. The number of anilines is 1. The number of halogens is 1. The number of nitrogens with zero attached hydrogens (tertiary/aromatic N) is 4. The maximum Gasteiger partial charge on any atom is 0.252 e. The topological polar surface area (TPSA) is 134 Å². The van der Waals surface area contributed by atoms with Crippen LogP contribution in [0, 0.1) is 0 Å². The molecule has 2 aromatic heterocycles. The lowest BCUT2D eigenvalue weighted by molar-refractivity contribution is -0.137. The number of carbonyl (C=O) groups excluding carboxylic acids is 1. The molecule has 0 spiro atoms. The van der Waals surface area contributed by atoms with Crippen LogP contribution in [-0.2, 0) is 9.53 Å². The summed E-state index contributed by atoms with van der Waals surface area (Å²) in [6, 6.07) is 0.339. The van der Waals surface area contributed by atoms with E-state index in [0.717, 1.165) is 12.8 Å². The molecule has 26 heavy (non-hydrogen) atoms. The van der Waals surface area contributed by atoms with Gasteiger partial charge >= 0.3 is 0 Å². The summed E-state index contributed by atoms with van der Waals surface area (Å²) in [6.45, 7) is 2.14. The van der Waals surface area contributed by atoms with Crippen LogP contribution >= 0.6 is 11.6 Å². The lowest BCUT2D eigenvalue weighted by atomic mass is 10.1. The Hall–Kier alpha value is -2.01. The highest BCUT2D eigenvalue weighted by atomic mass is 35.5. The van der Waals surface area contributed by atoms with E-state index in [1.54, 1.807) is 6.92 Å². The quantitative estimate of drug-likeness (QED) is 0.523. The first-order valence-corrected chi connectivity index (χ1v) is 8.83. The van der Waals surface area contributed by atoms with Gasteiger partial charge in [0.05, 0.1) is 6.33 Å². The number of carbonyl (C=O) groups is 1. The predicted octanol–water partition coefficient (Wildman–Crippen LogP) is -0.191. The molecule has 0 aromatic carbocycles. The molecule has 2 fully saturated rings. The maximum atomic E-state index is 12.0. The van der Waals surface area contributed by atoms with E-state index in [0.29, 0.717) is 29.6 Å². The Morgan fingerprint density at radius 3 is 2.85 bits per heavy atom. The standard InChI is InChI=1S/C15H19ClN6O4/c1-2-17-13(25)10-8(23)9(24)14(26-10)22-5-18-7-11(19-6-3-4-6)20-15(16)21-12(7)22/h5-6,8-10,14,23-24H,2-4H2,1H3,(H,17,25)(H,19,20,21). The molecular formula is C15H19ClN6O4. The second-order valence-electron chi connectivity index (χ2n) is 6.41. The van der Waals surface area contributed by atoms with Crippen molar-refractivity contribution < 1.29 is 19.7 Å². The molecule has 11 heteroatoms. The molecule has 1 aliphatic carbocycles. The van der Waals surface area contributed by atoms with Crippen LogP contribution in [0.5, 0.6) is 0 Å². The number of amides is 1. The van der Waals surface area contributed by atoms with Crippen molar-refractivity contribution >= 4 is 34.5 Å². The van der Waals surface area contributed by atoms with E-state index < -0.39 is 30.4 Å². The van der Waals surface area contributed by atoms with Crippen molar-refractivity contribution in [3.63, 3.8) is 0 Å². The number of rotatable bonds is 5. The summed E-state index contributed by atoms with van der Waals surface area (Å²) in [4.78, 5) is 24.7. The van der Waals surface area contributed by atoms with Crippen molar-refractivity contribution in [1.29, 1.82) is 0 Å². The first-order chi connectivity index (χ1) is 12.5. The molecule has 4 rings (SSSR count). The molecule has 2 aromatic rings. The highest BCUT2D eigenvalue weighted by Gasteiger charge is 2.47. The van der Waals surface area contributed by atoms with Crippen molar-refractivity contribution in [1.82, 2.24) is 24.8 Å². The Kier molecular flexibility index (Phi) is 4.43. The van der Waals surface area contributed by atoms with Gasteiger partial charge in [0.15, 0.2) is 29.3 Å². The van der Waals surface area contributed by atoms with E-state index >= 15 is 0 Å². The third-order valence-electron chi connectivity index (χ3n) is 4.43. The van der Waals surface area contributed by atoms with Crippen LogP contribution in [-0.4, -0.2) is 66.5 Å². The predicted molar refractivity (Wildman–Crippen MR) is 91.6 cm³/mol. The van der Waals surface area contributed by atoms with E-state index in [-0.39, 0.29) is 5.28 Å². The number of hydrogen-bond acceptors (Lipinski definition) is 8. The summed E-state index contributed by atoms with van der Waals surface area (Å²) < 4.78 is 7.07. The lowest BCUT2D eigenvalue weighted by Crippen LogP contribution is -2.42. The van der Waals surface area contributed by atoms with Gasteiger partial charge in [-0.1, -0.05) is 0 Å². The molecule has 0 radical (unpaired) electrons. The normalized spacial score (nSPS) is 28.5. The maximum absolute atomic E-state index is 12.0. The van der Waals surface area contributed by atoms with Gasteiger partial charge in [0.25, 0.3) is 5.91 Å². The summed E-state index contributed by atoms with van der Waals surface area (Å²) in [7, 11) is 0. The summed E-state index contributed by atoms with van der Waals surface area (Å²) in [5.41, 5.74) is 0.828. The van der Waals surface area contributed by atoms with Gasteiger partial charge in [-0.05, 0) is 31.4 Å². The van der Waals surface area contributed by atoms with Crippen molar-refractivity contribution in [2.45, 2.75) is 50.3 Å². The Morgan fingerprint density at radius 2 is 2.15 bits per heavy atom. The van der Waals surface area contributed by atoms with Crippen LogP contribution in [0.25, 0.3) is 11.2 Å². The van der Waals surface area contributed by atoms with Gasteiger partial charge in [-0.2, -0.15) is 9.97 Å². The van der Waals surface area contributed by atoms with E-state index in [1.165, 1.54) is 10.9 Å². The Morgan fingerprint density at radius 1 is 1.38 bits per heavy atom. The molecule has 1 aliphatic heterocycles. The minimum absolute atomic E-state index is 0.0238. The Bertz CT molecular complexity index is 841. The zero-order chi connectivity index (χ0) is 18.4. The first-order valence-electron chi connectivity index (χ1n) is 8.45. The highest BCUT2D eigenvalue weighted by molar-refractivity contribution is 6.28. The monoisotopic (exact) mass is 382 g/mol. The molecule has 4 unspecified atom stereocenters. The summed E-state index contributed by atoms with van der Waals surface area (Å²) in [5.74, 6) is 0.0179. The molecule has 2 aliphatic rings. The largest absolute Gasteiger partial charge is 0.387 e. The number of aliphatic hydroxyl groups is 2. The van der Waals surface area contributed by atoms with Gasteiger partial charge in [-0.25, -0.2) is 4.98 Å². The molecule has 0 bridgehead atoms. The molecular weight excluding hydrogens is 364 g/mol. The number of imidazole rings is 1. The van der Waals surface area contributed by atoms with E-state index in [4.69, 9.17) is 16.3 Å². The zero-order valence-corrected chi connectivity index (χ0v) is 14.7. The first kappa shape index (κ1) is 17.4. The minimum Gasteiger partial charge on any atom is -0.387 e. The van der Waals surface area contributed by atoms with E-state index in [2.05, 4.69) is 25.6 Å². The van der Waals surface area contributed by atoms with Crippen LogP contribution in [0.15, 0.2) is 6.33 Å². The second kappa shape index (κ2) is 6.62. The van der Waals surface area contributed by atoms with Gasteiger partial charge in [-0.15, -0.1) is 0 Å². The summed E-state index contributed by atoms with van der Waals surface area (Å²) >= 11 is 6.03. The molecule has 140 valence electrons. The fourth-order valence-electron chi connectivity index (χ4n) is 2.98. The minimum atomic E-state index is -1.37. The average Bonchev–Trinajstić information content (AvgIpc) is 3.24. The lowest BCUT2D eigenvalue weighted by Gasteiger charge is -2.16. The fraction of sp³-hybridized carbons (Fsp3) is 0.600. The summed E-state index contributed by atoms with van der Waals surface area (Å²) in [5, 5.41) is 26.4. The number of nitrogens with one attached hydrogen (secondary N) is 2. The van der Waals surface area contributed by atoms with Crippen LogP contribution < -0.4 is 10.6 Å². The van der Waals surface area contributed by atoms with Crippen LogP contribution in [0.3, 0.4) is 0 Å². The van der Waals surface area contributed by atoms with Crippen molar-refractivity contribution in [3.05, 3.63) is 11.6 Å². The van der Waals surface area contributed by atoms with Crippen LogP contribution in [0.1, 0.15) is 26.0 Å². The van der Waals surface area contributed by atoms with Gasteiger partial charge in [0.2, 0.25) is 5.28 Å². The SMILES string of the molecule is CCNC(=O)C1OC(n2cnc3c(NC4CC4)nc(Cl)nc32)C(O)C1O. The number of fused-ring (bicyclic) bond motifs is 1. The number of hydrogen-bond donors (Lipinski definition) is 4. The third kappa shape index (κ3) is 2.98. The Labute approximate surface area is 153 Å². The fourth-order valence-corrected chi connectivity index (χ4v) is 3.14. The van der Waals surface area contributed by atoms with Gasteiger partial charge in [0.1, 0.15) is 12.2 Å².